The third kappa shape index (κ3) is 3.78. The Morgan fingerprint density at radius 1 is 1.32 bits per heavy atom. The molecule has 1 amide bonds. The molecule has 2 rings (SSSR count). The molecule has 7 nitrogen and oxygen atoms in total. The molecule has 3 N–H and O–H groups in total. The van der Waals surface area contributed by atoms with E-state index in [1.807, 2.05) is 31.2 Å². The Morgan fingerprint density at radius 2 is 2.05 bits per heavy atom. The third-order valence-corrected chi connectivity index (χ3v) is 3.25. The minimum absolute atomic E-state index is 0.206. The van der Waals surface area contributed by atoms with Crippen molar-refractivity contribution in [3.8, 4) is 0 Å². The summed E-state index contributed by atoms with van der Waals surface area (Å²) in [4.78, 5) is 25.7. The van der Waals surface area contributed by atoms with Crippen LogP contribution in [0.3, 0.4) is 0 Å². The lowest BCUT2D eigenvalue weighted by Gasteiger charge is -2.07. The molecule has 1 aromatic heterocycles. The van der Waals surface area contributed by atoms with E-state index in [4.69, 9.17) is 5.73 Å². The van der Waals surface area contributed by atoms with Gasteiger partial charge in [-0.05, 0) is 30.5 Å². The molecule has 2 aromatic rings. The standard InChI is InChI=1S/C15H16N4O3/c1-10-4-2-3-5-11(10)6-9-14(20)17-13-8-7-12(19(21)22)15(16)18-13/h2-5,7-8H,6,9H2,1H3,(H3,16,17,18,20). The number of aryl methyl sites for hydroxylation is 2. The summed E-state index contributed by atoms with van der Waals surface area (Å²) in [5.74, 6) is -0.233. The van der Waals surface area contributed by atoms with Gasteiger partial charge in [0.1, 0.15) is 5.82 Å². The van der Waals surface area contributed by atoms with Gasteiger partial charge < -0.3 is 11.1 Å². The van der Waals surface area contributed by atoms with Crippen LogP contribution in [0.1, 0.15) is 17.5 Å². The van der Waals surface area contributed by atoms with Crippen molar-refractivity contribution < 1.29 is 9.72 Å². The number of nitrogens with two attached hydrogens (primary N) is 1. The molecule has 1 aromatic carbocycles. The molecule has 22 heavy (non-hydrogen) atoms. The van der Waals surface area contributed by atoms with Gasteiger partial charge in [-0.1, -0.05) is 24.3 Å². The number of amides is 1. The Bertz CT molecular complexity index is 716. The van der Waals surface area contributed by atoms with Gasteiger partial charge in [0.2, 0.25) is 11.7 Å². The topological polar surface area (TPSA) is 111 Å². The summed E-state index contributed by atoms with van der Waals surface area (Å²) in [5.41, 5.74) is 7.44. The van der Waals surface area contributed by atoms with E-state index in [0.717, 1.165) is 11.1 Å². The summed E-state index contributed by atoms with van der Waals surface area (Å²) in [7, 11) is 0. The number of pyridine rings is 1. The van der Waals surface area contributed by atoms with Crippen molar-refractivity contribution in [3.63, 3.8) is 0 Å². The van der Waals surface area contributed by atoms with E-state index in [-0.39, 0.29) is 23.2 Å². The maximum atomic E-state index is 11.9. The molecule has 1 heterocycles. The van der Waals surface area contributed by atoms with Crippen molar-refractivity contribution in [2.24, 2.45) is 0 Å². The van der Waals surface area contributed by atoms with Crippen LogP contribution in [-0.4, -0.2) is 15.8 Å². The fourth-order valence-electron chi connectivity index (χ4n) is 2.04. The molecule has 0 saturated carbocycles. The number of rotatable bonds is 5. The summed E-state index contributed by atoms with van der Waals surface area (Å²) in [6, 6.07) is 10.4. The van der Waals surface area contributed by atoms with Crippen molar-refractivity contribution in [1.82, 2.24) is 4.98 Å². The number of nitrogen functional groups attached to an aromatic ring is 1. The molecule has 0 unspecified atom stereocenters. The molecule has 0 fully saturated rings. The second kappa shape index (κ2) is 6.66. The zero-order valence-electron chi connectivity index (χ0n) is 12.1. The zero-order chi connectivity index (χ0) is 16.1. The van der Waals surface area contributed by atoms with Gasteiger partial charge in [-0.3, -0.25) is 14.9 Å². The first kappa shape index (κ1) is 15.4. The van der Waals surface area contributed by atoms with Crippen molar-refractivity contribution in [1.29, 1.82) is 0 Å². The minimum atomic E-state index is -0.619. The molecular formula is C15H16N4O3. The number of nitro groups is 1. The summed E-state index contributed by atoms with van der Waals surface area (Å²) < 4.78 is 0. The van der Waals surface area contributed by atoms with E-state index in [1.54, 1.807) is 0 Å². The zero-order valence-corrected chi connectivity index (χ0v) is 12.1. The van der Waals surface area contributed by atoms with Gasteiger partial charge in [-0.15, -0.1) is 0 Å². The molecule has 0 radical (unpaired) electrons. The normalized spacial score (nSPS) is 10.2. The molecule has 0 saturated heterocycles. The molecule has 0 spiro atoms. The molecule has 0 aliphatic rings. The number of aromatic nitrogens is 1. The Labute approximate surface area is 127 Å². The van der Waals surface area contributed by atoms with E-state index in [0.29, 0.717) is 12.8 Å². The lowest BCUT2D eigenvalue weighted by Crippen LogP contribution is -2.14. The second-order valence-electron chi connectivity index (χ2n) is 4.83. The van der Waals surface area contributed by atoms with Crippen LogP contribution < -0.4 is 11.1 Å². The van der Waals surface area contributed by atoms with E-state index in [1.165, 1.54) is 12.1 Å². The summed E-state index contributed by atoms with van der Waals surface area (Å²) in [5, 5.41) is 13.2. The molecule has 0 bridgehead atoms. The number of nitrogens with one attached hydrogen (secondary N) is 1. The Morgan fingerprint density at radius 3 is 2.68 bits per heavy atom. The quantitative estimate of drug-likeness (QED) is 0.650. The SMILES string of the molecule is Cc1ccccc1CCC(=O)Nc1ccc([N+](=O)[O-])c(N)n1. The fraction of sp³-hybridized carbons (Fsp3) is 0.200. The highest BCUT2D eigenvalue weighted by Gasteiger charge is 2.14. The Kier molecular flexibility index (Phi) is 4.67. The van der Waals surface area contributed by atoms with E-state index in [2.05, 4.69) is 10.3 Å². The predicted molar refractivity (Wildman–Crippen MR) is 83.4 cm³/mol. The number of benzene rings is 1. The van der Waals surface area contributed by atoms with Crippen LogP contribution in [-0.2, 0) is 11.2 Å². The number of carbonyl (C=O) groups is 1. The molecule has 0 atom stereocenters. The molecular weight excluding hydrogens is 284 g/mol. The minimum Gasteiger partial charge on any atom is -0.378 e. The molecule has 0 aliphatic heterocycles. The average Bonchev–Trinajstić information content (AvgIpc) is 2.46. The van der Waals surface area contributed by atoms with Crippen LogP contribution >= 0.6 is 0 Å². The number of carbonyl (C=O) groups excluding carboxylic acids is 1. The second-order valence-corrected chi connectivity index (χ2v) is 4.83. The van der Waals surface area contributed by atoms with Crippen LogP contribution in [0.25, 0.3) is 0 Å². The van der Waals surface area contributed by atoms with Gasteiger partial charge in [-0.25, -0.2) is 4.98 Å². The van der Waals surface area contributed by atoms with Crippen molar-refractivity contribution in [3.05, 3.63) is 57.6 Å². The number of hydrogen-bond donors (Lipinski definition) is 2. The van der Waals surface area contributed by atoms with E-state index < -0.39 is 4.92 Å². The predicted octanol–water partition coefficient (Wildman–Crippen LogP) is 2.45. The van der Waals surface area contributed by atoms with Crippen molar-refractivity contribution in [2.75, 3.05) is 11.1 Å². The summed E-state index contributed by atoms with van der Waals surface area (Å²) in [6.07, 6.45) is 0.907. The van der Waals surface area contributed by atoms with Gasteiger partial charge in [0.25, 0.3) is 0 Å². The van der Waals surface area contributed by atoms with Crippen LogP contribution in [0.5, 0.6) is 0 Å². The number of hydrogen-bond acceptors (Lipinski definition) is 5. The molecule has 114 valence electrons. The fourth-order valence-corrected chi connectivity index (χ4v) is 2.04. The van der Waals surface area contributed by atoms with E-state index >= 15 is 0 Å². The van der Waals surface area contributed by atoms with Crippen molar-refractivity contribution in [2.45, 2.75) is 19.8 Å². The largest absolute Gasteiger partial charge is 0.378 e. The molecule has 0 aliphatic carbocycles. The van der Waals surface area contributed by atoms with Crippen molar-refractivity contribution >= 4 is 23.2 Å². The van der Waals surface area contributed by atoms with Gasteiger partial charge >= 0.3 is 5.69 Å². The highest BCUT2D eigenvalue weighted by Crippen LogP contribution is 2.20. The lowest BCUT2D eigenvalue weighted by atomic mass is 10.0. The first-order valence-electron chi connectivity index (χ1n) is 6.72. The van der Waals surface area contributed by atoms with E-state index in [9.17, 15) is 14.9 Å². The Hall–Kier alpha value is -2.96. The van der Waals surface area contributed by atoms with Crippen LogP contribution in [0, 0.1) is 17.0 Å². The van der Waals surface area contributed by atoms with Crippen LogP contribution in [0.4, 0.5) is 17.3 Å². The average molecular weight is 300 g/mol. The maximum absolute atomic E-state index is 11.9. The smallest absolute Gasteiger partial charge is 0.311 e. The Balaban J connectivity index is 1.96. The monoisotopic (exact) mass is 300 g/mol. The molecule has 7 heteroatoms. The highest BCUT2D eigenvalue weighted by atomic mass is 16.6. The first-order valence-corrected chi connectivity index (χ1v) is 6.72. The summed E-state index contributed by atoms with van der Waals surface area (Å²) >= 11 is 0. The maximum Gasteiger partial charge on any atom is 0.311 e. The summed E-state index contributed by atoms with van der Waals surface area (Å²) in [6.45, 7) is 1.99. The van der Waals surface area contributed by atoms with Crippen LogP contribution in [0.15, 0.2) is 36.4 Å². The van der Waals surface area contributed by atoms with Gasteiger partial charge in [0, 0.05) is 12.5 Å². The third-order valence-electron chi connectivity index (χ3n) is 3.25. The van der Waals surface area contributed by atoms with Gasteiger partial charge in [-0.2, -0.15) is 0 Å². The van der Waals surface area contributed by atoms with Gasteiger partial charge in [0.15, 0.2) is 0 Å². The number of anilines is 2. The first-order chi connectivity index (χ1) is 10.5. The highest BCUT2D eigenvalue weighted by molar-refractivity contribution is 5.90. The van der Waals surface area contributed by atoms with Gasteiger partial charge in [0.05, 0.1) is 4.92 Å². The number of nitrogens with zero attached hydrogens (tertiary/aromatic N) is 2. The van der Waals surface area contributed by atoms with Crippen LogP contribution in [0.2, 0.25) is 0 Å². The lowest BCUT2D eigenvalue weighted by molar-refractivity contribution is -0.384.